The average molecular weight is 228 g/mol. The van der Waals surface area contributed by atoms with Gasteiger partial charge in [-0.1, -0.05) is 20.3 Å². The van der Waals surface area contributed by atoms with Crippen molar-refractivity contribution in [2.75, 3.05) is 26.2 Å². The Hall–Kier alpha value is -0.120. The first-order chi connectivity index (χ1) is 7.50. The van der Waals surface area contributed by atoms with Crippen molar-refractivity contribution in [3.05, 3.63) is 0 Å². The number of nitrogens with zero attached hydrogens (tertiary/aromatic N) is 1. The highest BCUT2D eigenvalue weighted by atomic mass is 16.5. The zero-order chi connectivity index (χ0) is 12.2. The first-order valence-electron chi connectivity index (χ1n) is 6.56. The molecule has 1 aliphatic rings. The van der Waals surface area contributed by atoms with E-state index in [1.54, 1.807) is 0 Å². The van der Waals surface area contributed by atoms with Gasteiger partial charge in [0.25, 0.3) is 0 Å². The Balaban J connectivity index is 2.55. The number of hydrogen-bond acceptors (Lipinski definition) is 3. The Bertz CT molecular complexity index is 210. The summed E-state index contributed by atoms with van der Waals surface area (Å²) in [5.74, 6) is 0. The average Bonchev–Trinajstić information content (AvgIpc) is 2.24. The molecule has 96 valence electrons. The van der Waals surface area contributed by atoms with Crippen molar-refractivity contribution in [1.29, 1.82) is 0 Å². The fraction of sp³-hybridized carbons (Fsp3) is 1.00. The van der Waals surface area contributed by atoms with E-state index in [2.05, 4.69) is 32.6 Å². The van der Waals surface area contributed by atoms with Crippen LogP contribution in [0.25, 0.3) is 0 Å². The number of ether oxygens (including phenoxy) is 1. The van der Waals surface area contributed by atoms with Crippen molar-refractivity contribution >= 4 is 0 Å². The van der Waals surface area contributed by atoms with Gasteiger partial charge in [-0.05, 0) is 32.2 Å². The summed E-state index contributed by atoms with van der Waals surface area (Å²) < 4.78 is 5.66. The summed E-state index contributed by atoms with van der Waals surface area (Å²) >= 11 is 0. The van der Waals surface area contributed by atoms with Gasteiger partial charge in [-0.2, -0.15) is 0 Å². The molecular formula is C13H28N2O. The Morgan fingerprint density at radius 3 is 2.69 bits per heavy atom. The van der Waals surface area contributed by atoms with Gasteiger partial charge in [-0.25, -0.2) is 0 Å². The third-order valence-electron chi connectivity index (χ3n) is 3.67. The van der Waals surface area contributed by atoms with Gasteiger partial charge in [-0.3, -0.25) is 4.90 Å². The maximum atomic E-state index is 5.93. The molecule has 1 aliphatic heterocycles. The molecule has 0 radical (unpaired) electrons. The molecule has 0 saturated carbocycles. The summed E-state index contributed by atoms with van der Waals surface area (Å²) in [5, 5.41) is 0. The second kappa shape index (κ2) is 5.99. The standard InChI is InChI=1S/C13H28N2O/c1-5-6-13(4,9-14)10-15-7-12(3)16-8-11(15)2/h11-12H,5-10,14H2,1-4H3. The van der Waals surface area contributed by atoms with Gasteiger partial charge in [0.1, 0.15) is 0 Å². The fourth-order valence-electron chi connectivity index (χ4n) is 2.53. The lowest BCUT2D eigenvalue weighted by atomic mass is 9.84. The zero-order valence-electron chi connectivity index (χ0n) is 11.3. The molecule has 3 atom stereocenters. The summed E-state index contributed by atoms with van der Waals surface area (Å²) in [6.45, 7) is 12.7. The van der Waals surface area contributed by atoms with E-state index in [-0.39, 0.29) is 5.41 Å². The third-order valence-corrected chi connectivity index (χ3v) is 3.67. The molecule has 0 bridgehead atoms. The minimum Gasteiger partial charge on any atom is -0.376 e. The number of morpholine rings is 1. The molecule has 0 spiro atoms. The third kappa shape index (κ3) is 3.72. The molecule has 0 aliphatic carbocycles. The Kier molecular flexibility index (Phi) is 5.22. The fourth-order valence-corrected chi connectivity index (χ4v) is 2.53. The minimum atomic E-state index is 0.264. The van der Waals surface area contributed by atoms with Crippen molar-refractivity contribution in [3.63, 3.8) is 0 Å². The zero-order valence-corrected chi connectivity index (χ0v) is 11.3. The van der Waals surface area contributed by atoms with E-state index in [0.29, 0.717) is 12.1 Å². The summed E-state index contributed by atoms with van der Waals surface area (Å²) in [4.78, 5) is 2.54. The lowest BCUT2D eigenvalue weighted by Gasteiger charge is -2.42. The van der Waals surface area contributed by atoms with Crippen LogP contribution in [0, 0.1) is 5.41 Å². The van der Waals surface area contributed by atoms with Crippen molar-refractivity contribution in [3.8, 4) is 0 Å². The molecule has 1 saturated heterocycles. The van der Waals surface area contributed by atoms with Gasteiger partial charge < -0.3 is 10.5 Å². The van der Waals surface area contributed by atoms with Gasteiger partial charge in [0.05, 0.1) is 12.7 Å². The highest BCUT2D eigenvalue weighted by molar-refractivity contribution is 4.84. The van der Waals surface area contributed by atoms with Crippen LogP contribution in [0.4, 0.5) is 0 Å². The van der Waals surface area contributed by atoms with Crippen molar-refractivity contribution in [2.24, 2.45) is 11.1 Å². The highest BCUT2D eigenvalue weighted by Gasteiger charge is 2.30. The lowest BCUT2D eigenvalue weighted by molar-refractivity contribution is -0.0616. The van der Waals surface area contributed by atoms with Crippen LogP contribution in [0.2, 0.25) is 0 Å². The van der Waals surface area contributed by atoms with Crippen LogP contribution in [0.5, 0.6) is 0 Å². The van der Waals surface area contributed by atoms with Gasteiger partial charge >= 0.3 is 0 Å². The van der Waals surface area contributed by atoms with Crippen LogP contribution in [-0.4, -0.2) is 43.3 Å². The number of hydrogen-bond donors (Lipinski definition) is 1. The molecular weight excluding hydrogens is 200 g/mol. The van der Waals surface area contributed by atoms with E-state index in [9.17, 15) is 0 Å². The molecule has 1 heterocycles. The smallest absolute Gasteiger partial charge is 0.0674 e. The molecule has 0 aromatic carbocycles. The predicted octanol–water partition coefficient (Wildman–Crippen LogP) is 1.86. The van der Waals surface area contributed by atoms with Crippen LogP contribution < -0.4 is 5.73 Å². The van der Waals surface area contributed by atoms with E-state index < -0.39 is 0 Å². The van der Waals surface area contributed by atoms with E-state index >= 15 is 0 Å². The molecule has 1 rings (SSSR count). The monoisotopic (exact) mass is 228 g/mol. The molecule has 0 aromatic rings. The van der Waals surface area contributed by atoms with E-state index in [1.165, 1.54) is 12.8 Å². The molecule has 2 N–H and O–H groups in total. The van der Waals surface area contributed by atoms with E-state index in [4.69, 9.17) is 10.5 Å². The largest absolute Gasteiger partial charge is 0.376 e. The minimum absolute atomic E-state index is 0.264. The first kappa shape index (κ1) is 13.9. The van der Waals surface area contributed by atoms with E-state index in [1.807, 2.05) is 0 Å². The summed E-state index contributed by atoms with van der Waals surface area (Å²) in [6.07, 6.45) is 2.78. The van der Waals surface area contributed by atoms with Crippen molar-refractivity contribution in [1.82, 2.24) is 4.90 Å². The molecule has 3 heteroatoms. The van der Waals surface area contributed by atoms with Crippen molar-refractivity contribution in [2.45, 2.75) is 52.7 Å². The summed E-state index contributed by atoms with van der Waals surface area (Å²) in [5.41, 5.74) is 6.20. The Labute approximate surface area is 100 Å². The second-order valence-electron chi connectivity index (χ2n) is 5.69. The quantitative estimate of drug-likeness (QED) is 0.780. The number of rotatable bonds is 5. The Morgan fingerprint density at radius 1 is 1.44 bits per heavy atom. The summed E-state index contributed by atoms with van der Waals surface area (Å²) in [7, 11) is 0. The first-order valence-corrected chi connectivity index (χ1v) is 6.56. The van der Waals surface area contributed by atoms with Gasteiger partial charge in [-0.15, -0.1) is 0 Å². The highest BCUT2D eigenvalue weighted by Crippen LogP contribution is 2.25. The van der Waals surface area contributed by atoms with Crippen LogP contribution in [0.1, 0.15) is 40.5 Å². The van der Waals surface area contributed by atoms with Crippen molar-refractivity contribution < 1.29 is 4.74 Å². The molecule has 1 fully saturated rings. The summed E-state index contributed by atoms with van der Waals surface area (Å²) in [6, 6.07) is 0.527. The van der Waals surface area contributed by atoms with Gasteiger partial charge in [0.15, 0.2) is 0 Å². The lowest BCUT2D eigenvalue weighted by Crippen LogP contribution is -2.52. The van der Waals surface area contributed by atoms with Crippen LogP contribution >= 0.6 is 0 Å². The SMILES string of the molecule is CCCC(C)(CN)CN1CC(C)OCC1C. The second-order valence-corrected chi connectivity index (χ2v) is 5.69. The normalized spacial score (nSPS) is 31.3. The topological polar surface area (TPSA) is 38.5 Å². The maximum Gasteiger partial charge on any atom is 0.0674 e. The van der Waals surface area contributed by atoms with Crippen LogP contribution in [0.15, 0.2) is 0 Å². The van der Waals surface area contributed by atoms with E-state index in [0.717, 1.165) is 26.2 Å². The molecule has 3 nitrogen and oxygen atoms in total. The van der Waals surface area contributed by atoms with Crippen LogP contribution in [-0.2, 0) is 4.74 Å². The maximum absolute atomic E-state index is 5.93. The van der Waals surface area contributed by atoms with Gasteiger partial charge in [0.2, 0.25) is 0 Å². The predicted molar refractivity (Wildman–Crippen MR) is 68.5 cm³/mol. The van der Waals surface area contributed by atoms with Crippen LogP contribution in [0.3, 0.4) is 0 Å². The molecule has 16 heavy (non-hydrogen) atoms. The molecule has 0 aromatic heterocycles. The number of nitrogens with two attached hydrogens (primary N) is 1. The Morgan fingerprint density at radius 2 is 2.12 bits per heavy atom. The molecule has 0 amide bonds. The molecule has 3 unspecified atom stereocenters. The van der Waals surface area contributed by atoms with Gasteiger partial charge in [0, 0.05) is 19.1 Å².